The zero-order chi connectivity index (χ0) is 25.2. The number of amides is 4. The van der Waals surface area contributed by atoms with Gasteiger partial charge >= 0.3 is 0 Å². The SMILES string of the molecule is CC[C@H](C)[C@H](NC(=O)[C@@H](N)CO)C(=O)N[C@@H](C)C(=O)N[C@]12NC(=O)[C@@]3(O)C4C5CC(C6C5C3C61)C42. The molecule has 4 bridgehead atoms. The second kappa shape index (κ2) is 7.17. The van der Waals surface area contributed by atoms with E-state index in [2.05, 4.69) is 21.3 Å². The number of aliphatic hydroxyl groups excluding tert-OH is 1. The molecule has 2 saturated heterocycles. The fourth-order valence-corrected chi connectivity index (χ4v) is 9.35. The molecule has 7 fully saturated rings. The largest absolute Gasteiger partial charge is 0.394 e. The molecule has 0 aromatic heterocycles. The van der Waals surface area contributed by atoms with Crippen molar-refractivity contribution in [1.82, 2.24) is 21.3 Å². The predicted octanol–water partition coefficient (Wildman–Crippen LogP) is -2.60. The Morgan fingerprint density at radius 3 is 2.37 bits per heavy atom. The van der Waals surface area contributed by atoms with E-state index in [9.17, 15) is 24.3 Å². The Labute approximate surface area is 203 Å². The topological polar surface area (TPSA) is 183 Å². The van der Waals surface area contributed by atoms with E-state index in [0.29, 0.717) is 30.1 Å². The average Bonchev–Trinajstić information content (AvgIpc) is 3.36. The van der Waals surface area contributed by atoms with Gasteiger partial charge in [0, 0.05) is 23.7 Å². The maximum atomic E-state index is 13.4. The minimum Gasteiger partial charge on any atom is -0.394 e. The Bertz CT molecular complexity index is 1020. The highest BCUT2D eigenvalue weighted by molar-refractivity contribution is 5.95. The van der Waals surface area contributed by atoms with E-state index < -0.39 is 53.7 Å². The molecule has 7 aliphatic rings. The fraction of sp³-hybridized carbons (Fsp3) is 0.833. The molecule has 8 N–H and O–H groups in total. The maximum Gasteiger partial charge on any atom is 0.254 e. The normalized spacial score (nSPS) is 47.7. The number of piperidine rings is 2. The van der Waals surface area contributed by atoms with Crippen LogP contribution in [-0.4, -0.2) is 69.8 Å². The summed E-state index contributed by atoms with van der Waals surface area (Å²) >= 11 is 0. The van der Waals surface area contributed by atoms with E-state index in [-0.39, 0.29) is 35.5 Å². The van der Waals surface area contributed by atoms with Gasteiger partial charge in [0.1, 0.15) is 29.4 Å². The standard InChI is InChI=1S/C24H35N5O6/c1-4-7(2)18(27-20(32)11(25)6-30)21(33)26-8(3)19(31)28-24-15-10-5-9-12-13(10)17(24)16(12)23(35,14(9)15)22(34)29-24/h7-18,30,35H,4-6,25H2,1-3H3,(H,26,33)(H,27,32)(H,28,31)(H,29,34)/t7-,8-,9?,10?,11-,12?,13?,14?,15?,16?,17?,18-,23+,24+/m0/s1. The van der Waals surface area contributed by atoms with Gasteiger partial charge < -0.3 is 37.2 Å². The number of hydrogen-bond donors (Lipinski definition) is 7. The summed E-state index contributed by atoms with van der Waals surface area (Å²) < 4.78 is 0. The summed E-state index contributed by atoms with van der Waals surface area (Å²) in [6.45, 7) is 4.72. The minimum absolute atomic E-state index is 0.0270. The van der Waals surface area contributed by atoms with Gasteiger partial charge in [0.05, 0.1) is 6.61 Å². The highest BCUT2D eigenvalue weighted by Crippen LogP contribution is 2.88. The monoisotopic (exact) mass is 489 g/mol. The van der Waals surface area contributed by atoms with Crippen molar-refractivity contribution in [3.8, 4) is 0 Å². The van der Waals surface area contributed by atoms with Crippen LogP contribution in [0.4, 0.5) is 0 Å². The number of nitrogens with one attached hydrogen (secondary N) is 4. The summed E-state index contributed by atoms with van der Waals surface area (Å²) in [5, 5.41) is 31.9. The zero-order valence-electron chi connectivity index (χ0n) is 20.2. The first kappa shape index (κ1) is 23.2. The third-order valence-corrected chi connectivity index (χ3v) is 10.7. The lowest BCUT2D eigenvalue weighted by molar-refractivity contribution is -0.214. The Balaban J connectivity index is 1.17. The molecule has 14 atom stereocenters. The number of fused-ring (bicyclic) bond motifs is 1. The van der Waals surface area contributed by atoms with Crippen molar-refractivity contribution in [3.05, 3.63) is 0 Å². The average molecular weight is 490 g/mol. The van der Waals surface area contributed by atoms with Gasteiger partial charge in [-0.05, 0) is 42.9 Å². The zero-order valence-corrected chi connectivity index (χ0v) is 20.2. The number of carbonyl (C=O) groups is 4. The van der Waals surface area contributed by atoms with Crippen LogP contribution in [0.15, 0.2) is 0 Å². The predicted molar refractivity (Wildman–Crippen MR) is 121 cm³/mol. The van der Waals surface area contributed by atoms with Gasteiger partial charge in [-0.15, -0.1) is 0 Å². The second-order valence-electron chi connectivity index (χ2n) is 11.9. The van der Waals surface area contributed by atoms with Crippen LogP contribution in [-0.2, 0) is 19.2 Å². The van der Waals surface area contributed by atoms with Gasteiger partial charge in [-0.1, -0.05) is 20.3 Å². The molecule has 0 aromatic rings. The van der Waals surface area contributed by atoms with Crippen LogP contribution in [0, 0.1) is 53.3 Å². The number of aliphatic hydroxyl groups is 2. The van der Waals surface area contributed by atoms with Crippen LogP contribution in [0.1, 0.15) is 33.6 Å². The Morgan fingerprint density at radius 1 is 1.06 bits per heavy atom. The molecule has 0 aromatic carbocycles. The van der Waals surface area contributed by atoms with E-state index >= 15 is 0 Å². The molecule has 8 unspecified atom stereocenters. The van der Waals surface area contributed by atoms with Gasteiger partial charge in [0.15, 0.2) is 0 Å². The Hall–Kier alpha value is -2.24. The van der Waals surface area contributed by atoms with E-state index in [4.69, 9.17) is 10.8 Å². The molecular weight excluding hydrogens is 454 g/mol. The van der Waals surface area contributed by atoms with Crippen molar-refractivity contribution in [3.63, 3.8) is 0 Å². The molecule has 4 amide bonds. The lowest BCUT2D eigenvalue weighted by Crippen LogP contribution is -2.85. The lowest BCUT2D eigenvalue weighted by atomic mass is 9.50. The van der Waals surface area contributed by atoms with Crippen molar-refractivity contribution in [2.24, 2.45) is 59.0 Å². The van der Waals surface area contributed by atoms with Crippen LogP contribution in [0.2, 0.25) is 0 Å². The van der Waals surface area contributed by atoms with Crippen LogP contribution >= 0.6 is 0 Å². The molecule has 192 valence electrons. The van der Waals surface area contributed by atoms with Crippen molar-refractivity contribution >= 4 is 23.6 Å². The summed E-state index contributed by atoms with van der Waals surface area (Å²) in [4.78, 5) is 51.6. The third-order valence-electron chi connectivity index (χ3n) is 10.7. The first-order valence-corrected chi connectivity index (χ1v) is 12.9. The van der Waals surface area contributed by atoms with E-state index in [1.54, 1.807) is 6.92 Å². The first-order chi connectivity index (χ1) is 16.5. The van der Waals surface area contributed by atoms with Gasteiger partial charge in [-0.3, -0.25) is 19.2 Å². The quantitative estimate of drug-likeness (QED) is 0.185. The van der Waals surface area contributed by atoms with Crippen molar-refractivity contribution < 1.29 is 29.4 Å². The van der Waals surface area contributed by atoms with Crippen LogP contribution in [0.5, 0.6) is 0 Å². The summed E-state index contributed by atoms with van der Waals surface area (Å²) in [7, 11) is 0. The highest BCUT2D eigenvalue weighted by Gasteiger charge is 2.95. The number of carbonyl (C=O) groups excluding carboxylic acids is 4. The Kier molecular flexibility index (Phi) is 4.74. The highest BCUT2D eigenvalue weighted by atomic mass is 16.3. The van der Waals surface area contributed by atoms with Gasteiger partial charge in [-0.25, -0.2) is 0 Å². The molecule has 2 aliphatic heterocycles. The molecule has 7 rings (SSSR count). The van der Waals surface area contributed by atoms with E-state index in [1.165, 1.54) is 0 Å². The summed E-state index contributed by atoms with van der Waals surface area (Å²) in [5.41, 5.74) is 3.43. The molecule has 0 radical (unpaired) electrons. The van der Waals surface area contributed by atoms with Gasteiger partial charge in [-0.2, -0.15) is 0 Å². The summed E-state index contributed by atoms with van der Waals surface area (Å²) in [5.74, 6) is -0.677. The molecule has 2 heterocycles. The molecule has 5 aliphatic carbocycles. The van der Waals surface area contributed by atoms with Crippen molar-refractivity contribution in [1.29, 1.82) is 0 Å². The number of rotatable bonds is 9. The molecule has 11 heteroatoms. The van der Waals surface area contributed by atoms with Crippen molar-refractivity contribution in [2.45, 2.75) is 63.0 Å². The molecule has 35 heavy (non-hydrogen) atoms. The molecule has 5 saturated carbocycles. The fourth-order valence-electron chi connectivity index (χ4n) is 9.35. The first-order valence-electron chi connectivity index (χ1n) is 12.9. The molecular formula is C24H35N5O6. The van der Waals surface area contributed by atoms with Crippen molar-refractivity contribution in [2.75, 3.05) is 6.61 Å². The third kappa shape index (κ3) is 2.51. The summed E-state index contributed by atoms with van der Waals surface area (Å²) in [6.07, 6.45) is 1.62. The molecule has 0 spiro atoms. The maximum absolute atomic E-state index is 13.4. The Morgan fingerprint density at radius 2 is 1.71 bits per heavy atom. The van der Waals surface area contributed by atoms with Crippen LogP contribution in [0.3, 0.4) is 0 Å². The van der Waals surface area contributed by atoms with Crippen LogP contribution in [0.25, 0.3) is 0 Å². The number of hydrogen-bond acceptors (Lipinski definition) is 7. The van der Waals surface area contributed by atoms with Gasteiger partial charge in [0.2, 0.25) is 17.7 Å². The summed E-state index contributed by atoms with van der Waals surface area (Å²) in [6, 6.07) is -2.97. The smallest absolute Gasteiger partial charge is 0.254 e. The lowest BCUT2D eigenvalue weighted by Gasteiger charge is -2.63. The second-order valence-corrected chi connectivity index (χ2v) is 11.9. The van der Waals surface area contributed by atoms with Gasteiger partial charge in [0.25, 0.3) is 5.91 Å². The van der Waals surface area contributed by atoms with E-state index in [0.717, 1.165) is 6.42 Å². The number of nitrogens with two attached hydrogens (primary N) is 1. The molecule has 11 nitrogen and oxygen atoms in total. The van der Waals surface area contributed by atoms with E-state index in [1.807, 2.05) is 13.8 Å². The van der Waals surface area contributed by atoms with Crippen LogP contribution < -0.4 is 27.0 Å². The minimum atomic E-state index is -1.30.